The van der Waals surface area contributed by atoms with Crippen molar-refractivity contribution in [3.8, 4) is 17.2 Å². The molecule has 0 aliphatic carbocycles. The number of likely N-dealkylation sites (tertiary alicyclic amines) is 1. The molecule has 1 fully saturated rings. The maximum Gasteiger partial charge on any atom is 0.266 e. The summed E-state index contributed by atoms with van der Waals surface area (Å²) < 4.78 is 54.2. The third kappa shape index (κ3) is 6.57. The molecule has 2 aliphatic rings. The van der Waals surface area contributed by atoms with Crippen molar-refractivity contribution in [1.29, 1.82) is 0 Å². The number of rotatable bonds is 9. The zero-order chi connectivity index (χ0) is 29.0. The summed E-state index contributed by atoms with van der Waals surface area (Å²) >= 11 is 3.49. The molecule has 0 spiro atoms. The Bertz CT molecular complexity index is 1480. The van der Waals surface area contributed by atoms with Gasteiger partial charge in [-0.2, -0.15) is 4.31 Å². The van der Waals surface area contributed by atoms with Gasteiger partial charge in [0.1, 0.15) is 35.7 Å². The molecule has 2 heterocycles. The molecule has 12 heteroatoms. The Morgan fingerprint density at radius 3 is 2.29 bits per heavy atom. The zero-order valence-corrected chi connectivity index (χ0v) is 24.7. The van der Waals surface area contributed by atoms with Crippen molar-refractivity contribution in [3.63, 3.8) is 0 Å². The van der Waals surface area contributed by atoms with E-state index >= 15 is 0 Å². The van der Waals surface area contributed by atoms with E-state index < -0.39 is 27.8 Å². The standard InChI is InChI=1S/C29H31BrFN3O6S/c30-25-12-13-26(39-19-18-33-15-2-1-3-16-33)24-14-17-34(28(27(24)25)29(35)32-36)41(37,38)23-10-8-22(9-11-23)40-21-6-4-20(31)5-7-21/h4-13,28,36H,1-3,14-19H2,(H,32,35). The van der Waals surface area contributed by atoms with Crippen molar-refractivity contribution < 1.29 is 32.3 Å². The number of halogens is 2. The summed E-state index contributed by atoms with van der Waals surface area (Å²) in [6, 6.07) is 13.4. The number of nitrogens with zero attached hydrogens (tertiary/aromatic N) is 2. The first-order valence-corrected chi connectivity index (χ1v) is 15.7. The van der Waals surface area contributed by atoms with Gasteiger partial charge in [0.25, 0.3) is 5.91 Å². The minimum atomic E-state index is -4.18. The van der Waals surface area contributed by atoms with Crippen molar-refractivity contribution >= 4 is 31.9 Å². The lowest BCUT2D eigenvalue weighted by atomic mass is 9.93. The summed E-state index contributed by atoms with van der Waals surface area (Å²) in [6.07, 6.45) is 3.92. The minimum Gasteiger partial charge on any atom is -0.492 e. The Kier molecular flexibility index (Phi) is 9.25. The predicted molar refractivity (Wildman–Crippen MR) is 153 cm³/mol. The van der Waals surface area contributed by atoms with Crippen LogP contribution in [0, 0.1) is 5.82 Å². The number of fused-ring (bicyclic) bond motifs is 1. The molecule has 41 heavy (non-hydrogen) atoms. The molecule has 9 nitrogen and oxygen atoms in total. The van der Waals surface area contributed by atoms with Gasteiger partial charge >= 0.3 is 0 Å². The molecule has 0 bridgehead atoms. The molecule has 0 saturated carbocycles. The van der Waals surface area contributed by atoms with Gasteiger partial charge in [0.2, 0.25) is 10.0 Å². The van der Waals surface area contributed by atoms with Crippen LogP contribution in [0.2, 0.25) is 0 Å². The third-order valence-electron chi connectivity index (χ3n) is 7.36. The first kappa shape index (κ1) is 29.5. The maximum absolute atomic E-state index is 13.8. The number of hydrogen-bond acceptors (Lipinski definition) is 7. The monoisotopic (exact) mass is 647 g/mol. The Morgan fingerprint density at radius 2 is 1.63 bits per heavy atom. The van der Waals surface area contributed by atoms with Gasteiger partial charge in [-0.1, -0.05) is 22.4 Å². The summed E-state index contributed by atoms with van der Waals surface area (Å²) in [5, 5.41) is 9.59. The molecule has 5 rings (SSSR count). The number of piperidine rings is 1. The molecular formula is C29H31BrFN3O6S. The van der Waals surface area contributed by atoms with Crippen molar-refractivity contribution in [3.05, 3.63) is 82.1 Å². The van der Waals surface area contributed by atoms with Crippen LogP contribution < -0.4 is 15.0 Å². The fraction of sp³-hybridized carbons (Fsp3) is 0.345. The van der Waals surface area contributed by atoms with Gasteiger partial charge in [-0.3, -0.25) is 14.9 Å². The Labute approximate surface area is 247 Å². The summed E-state index contributed by atoms with van der Waals surface area (Å²) in [5.74, 6) is 0.0739. The van der Waals surface area contributed by atoms with Gasteiger partial charge in [0.15, 0.2) is 0 Å². The van der Waals surface area contributed by atoms with E-state index in [1.54, 1.807) is 11.5 Å². The first-order valence-electron chi connectivity index (χ1n) is 13.4. The molecule has 1 atom stereocenters. The highest BCUT2D eigenvalue weighted by atomic mass is 79.9. The van der Waals surface area contributed by atoms with Crippen LogP contribution in [0.5, 0.6) is 17.2 Å². The van der Waals surface area contributed by atoms with Gasteiger partial charge in [0, 0.05) is 28.7 Å². The lowest BCUT2D eigenvalue weighted by Gasteiger charge is -2.36. The molecular weight excluding hydrogens is 617 g/mol. The van der Waals surface area contributed by atoms with Gasteiger partial charge < -0.3 is 9.47 Å². The summed E-state index contributed by atoms with van der Waals surface area (Å²) in [6.45, 7) is 3.35. The molecule has 3 aromatic rings. The van der Waals surface area contributed by atoms with Gasteiger partial charge in [-0.25, -0.2) is 18.3 Å². The second-order valence-electron chi connectivity index (χ2n) is 9.96. The smallest absolute Gasteiger partial charge is 0.266 e. The fourth-order valence-corrected chi connectivity index (χ4v) is 7.45. The summed E-state index contributed by atoms with van der Waals surface area (Å²) in [5.41, 5.74) is 2.79. The highest BCUT2D eigenvalue weighted by Gasteiger charge is 2.42. The Hall–Kier alpha value is -3.03. The van der Waals surface area contributed by atoms with Gasteiger partial charge in [0.05, 0.1) is 4.90 Å². The molecule has 1 amide bonds. The van der Waals surface area contributed by atoms with Crippen molar-refractivity contribution in [2.45, 2.75) is 36.6 Å². The number of hydrogen-bond donors (Lipinski definition) is 2. The third-order valence-corrected chi connectivity index (χ3v) is 9.93. The van der Waals surface area contributed by atoms with Crippen LogP contribution >= 0.6 is 15.9 Å². The van der Waals surface area contributed by atoms with E-state index in [2.05, 4.69) is 20.8 Å². The zero-order valence-electron chi connectivity index (χ0n) is 22.3. The van der Waals surface area contributed by atoms with E-state index in [-0.39, 0.29) is 11.4 Å². The van der Waals surface area contributed by atoms with Gasteiger partial charge in [-0.05, 0) is 93.0 Å². The fourth-order valence-electron chi connectivity index (χ4n) is 5.30. The number of amides is 1. The number of ether oxygens (including phenoxy) is 2. The normalized spacial score (nSPS) is 18.0. The van der Waals surface area contributed by atoms with E-state index in [1.807, 2.05) is 6.07 Å². The molecule has 2 aliphatic heterocycles. The summed E-state index contributed by atoms with van der Waals surface area (Å²) in [4.78, 5) is 15.3. The lowest BCUT2D eigenvalue weighted by molar-refractivity contribution is -0.133. The minimum absolute atomic E-state index is 0.000188. The topological polar surface area (TPSA) is 108 Å². The summed E-state index contributed by atoms with van der Waals surface area (Å²) in [7, 11) is -4.18. The van der Waals surface area contributed by atoms with Crippen LogP contribution in [0.15, 0.2) is 70.0 Å². The molecule has 3 aromatic carbocycles. The second-order valence-corrected chi connectivity index (χ2v) is 12.7. The van der Waals surface area contributed by atoms with E-state index in [1.165, 1.54) is 67.8 Å². The molecule has 1 unspecified atom stereocenters. The number of carbonyl (C=O) groups excluding carboxylic acids is 1. The lowest BCUT2D eigenvalue weighted by Crippen LogP contribution is -2.46. The average molecular weight is 649 g/mol. The van der Waals surface area contributed by atoms with Crippen molar-refractivity contribution in [1.82, 2.24) is 14.7 Å². The predicted octanol–water partition coefficient (Wildman–Crippen LogP) is 5.04. The first-order chi connectivity index (χ1) is 19.8. The number of nitrogens with one attached hydrogen (secondary N) is 1. The highest BCUT2D eigenvalue weighted by Crippen LogP contribution is 2.42. The maximum atomic E-state index is 13.8. The van der Waals surface area contributed by atoms with E-state index in [9.17, 15) is 22.8 Å². The van der Waals surface area contributed by atoms with Crippen LogP contribution in [0.3, 0.4) is 0 Å². The number of carbonyl (C=O) groups is 1. The van der Waals surface area contributed by atoms with E-state index in [4.69, 9.17) is 9.47 Å². The highest BCUT2D eigenvalue weighted by molar-refractivity contribution is 9.10. The second kappa shape index (κ2) is 12.9. The van der Waals surface area contributed by atoms with Crippen LogP contribution in [0.4, 0.5) is 4.39 Å². The number of sulfonamides is 1. The molecule has 218 valence electrons. The van der Waals surface area contributed by atoms with E-state index in [0.29, 0.717) is 40.3 Å². The Morgan fingerprint density at radius 1 is 0.976 bits per heavy atom. The number of hydroxylamine groups is 1. The van der Waals surface area contributed by atoms with Crippen LogP contribution in [0.25, 0.3) is 0 Å². The molecule has 2 N–H and O–H groups in total. The van der Waals surface area contributed by atoms with Gasteiger partial charge in [-0.15, -0.1) is 0 Å². The molecule has 0 radical (unpaired) electrons. The van der Waals surface area contributed by atoms with Crippen molar-refractivity contribution in [2.24, 2.45) is 0 Å². The van der Waals surface area contributed by atoms with Crippen LogP contribution in [0.1, 0.15) is 36.4 Å². The average Bonchev–Trinajstić information content (AvgIpc) is 2.99. The van der Waals surface area contributed by atoms with Crippen LogP contribution in [-0.4, -0.2) is 61.5 Å². The number of benzene rings is 3. The molecule has 0 aromatic heterocycles. The van der Waals surface area contributed by atoms with Crippen molar-refractivity contribution in [2.75, 3.05) is 32.8 Å². The van der Waals surface area contributed by atoms with E-state index in [0.717, 1.165) is 29.5 Å². The molecule has 1 saturated heterocycles. The SMILES string of the molecule is O=C(NO)C1c2c(Br)ccc(OCCN3CCCCC3)c2CCN1S(=O)(=O)c1ccc(Oc2ccc(F)cc2)cc1. The largest absolute Gasteiger partial charge is 0.492 e. The Balaban J connectivity index is 1.38. The quantitative estimate of drug-likeness (QED) is 0.247. The van der Waals surface area contributed by atoms with Crippen LogP contribution in [-0.2, 0) is 21.2 Å².